The third-order valence-corrected chi connectivity index (χ3v) is 9.56. The lowest BCUT2D eigenvalue weighted by Gasteiger charge is -2.17. The van der Waals surface area contributed by atoms with Gasteiger partial charge in [0.2, 0.25) is 0 Å². The molecule has 9 rings (SSSR count). The van der Waals surface area contributed by atoms with Crippen molar-refractivity contribution in [2.24, 2.45) is 0 Å². The van der Waals surface area contributed by atoms with Crippen LogP contribution in [0.1, 0.15) is 0 Å². The predicted molar refractivity (Wildman–Crippen MR) is 214 cm³/mol. The average Bonchev–Trinajstić information content (AvgIpc) is 3.23. The normalized spacial score (nSPS) is 11.1. The molecule has 1 heterocycles. The molecule has 4 nitrogen and oxygen atoms in total. The van der Waals surface area contributed by atoms with Gasteiger partial charge >= 0.3 is 0 Å². The van der Waals surface area contributed by atoms with Crippen LogP contribution in [0.25, 0.3) is 93.9 Å². The summed E-state index contributed by atoms with van der Waals surface area (Å²) < 4.78 is 0. The summed E-state index contributed by atoms with van der Waals surface area (Å²) in [5.74, 6) is 1.91. The maximum Gasteiger partial charge on any atom is 0.187 e. The second-order valence-corrected chi connectivity index (χ2v) is 12.7. The molecule has 0 unspecified atom stereocenters. The Bertz CT molecular complexity index is 2710. The maximum absolute atomic E-state index is 7.38. The van der Waals surface area contributed by atoms with Crippen LogP contribution in [0, 0.1) is 6.57 Å². The summed E-state index contributed by atoms with van der Waals surface area (Å²) in [5.41, 5.74) is 10.3. The number of aromatic nitrogens is 3. The van der Waals surface area contributed by atoms with Gasteiger partial charge in [-0.15, -0.1) is 0 Å². The Hall–Kier alpha value is -7.22. The van der Waals surface area contributed by atoms with Crippen molar-refractivity contribution in [3.05, 3.63) is 193 Å². The minimum atomic E-state index is 0.629. The molecular formula is C48H30N4. The summed E-state index contributed by atoms with van der Waals surface area (Å²) in [6.45, 7) is 7.38. The van der Waals surface area contributed by atoms with Crippen molar-refractivity contribution in [2.45, 2.75) is 0 Å². The lowest BCUT2D eigenvalue weighted by atomic mass is 9.87. The van der Waals surface area contributed by atoms with E-state index in [1.807, 2.05) is 84.9 Å². The Balaban J connectivity index is 1.18. The van der Waals surface area contributed by atoms with Crippen LogP contribution in [-0.2, 0) is 0 Å². The molecule has 52 heavy (non-hydrogen) atoms. The van der Waals surface area contributed by atoms with Gasteiger partial charge in [-0.1, -0.05) is 170 Å². The van der Waals surface area contributed by atoms with Crippen LogP contribution in [0.4, 0.5) is 5.69 Å². The van der Waals surface area contributed by atoms with Gasteiger partial charge in [-0.25, -0.2) is 19.8 Å². The number of benzene rings is 8. The van der Waals surface area contributed by atoms with Crippen molar-refractivity contribution in [3.8, 4) is 67.5 Å². The zero-order valence-electron chi connectivity index (χ0n) is 28.1. The van der Waals surface area contributed by atoms with Crippen LogP contribution in [0.2, 0.25) is 0 Å². The van der Waals surface area contributed by atoms with Crippen LogP contribution in [0.5, 0.6) is 0 Å². The van der Waals surface area contributed by atoms with E-state index >= 15 is 0 Å². The molecule has 0 aliphatic rings. The van der Waals surface area contributed by atoms with Crippen LogP contribution in [0.15, 0.2) is 182 Å². The van der Waals surface area contributed by atoms with E-state index in [-0.39, 0.29) is 0 Å². The van der Waals surface area contributed by atoms with Gasteiger partial charge in [-0.05, 0) is 67.1 Å². The van der Waals surface area contributed by atoms with E-state index in [9.17, 15) is 0 Å². The van der Waals surface area contributed by atoms with Crippen LogP contribution in [-0.4, -0.2) is 15.0 Å². The first-order valence-electron chi connectivity index (χ1n) is 17.2. The highest BCUT2D eigenvalue weighted by atomic mass is 15.0. The number of hydrogen-bond donors (Lipinski definition) is 0. The standard InChI is InChI=1S/C48H30N4/c1-49-39-26-24-32(25-27-39)40-28-29-43(42-19-11-10-18-41(40)42)45-31-38-17-9-8-16-37(38)30-44(45)33-20-22-36(23-21-33)48-51-46(34-12-4-2-5-13-34)50-47(52-48)35-14-6-3-7-15-35/h2-31H. The lowest BCUT2D eigenvalue weighted by molar-refractivity contribution is 1.07. The van der Waals surface area contributed by atoms with E-state index in [1.165, 1.54) is 27.1 Å². The fourth-order valence-electron chi connectivity index (χ4n) is 6.94. The molecule has 9 aromatic rings. The molecule has 0 saturated carbocycles. The van der Waals surface area contributed by atoms with E-state index < -0.39 is 0 Å². The van der Waals surface area contributed by atoms with Gasteiger partial charge in [0.05, 0.1) is 6.57 Å². The van der Waals surface area contributed by atoms with E-state index in [2.05, 4.69) is 102 Å². The first kappa shape index (κ1) is 30.8. The third-order valence-electron chi connectivity index (χ3n) is 9.56. The van der Waals surface area contributed by atoms with Crippen molar-refractivity contribution < 1.29 is 0 Å². The van der Waals surface area contributed by atoms with Crippen LogP contribution in [0.3, 0.4) is 0 Å². The van der Waals surface area contributed by atoms with Crippen molar-refractivity contribution >= 4 is 27.2 Å². The SMILES string of the molecule is [C-]#[N+]c1ccc(-c2ccc(-c3cc4ccccc4cc3-c3ccc(-c4nc(-c5ccccc5)nc(-c5ccccc5)n4)cc3)c3ccccc23)cc1. The molecule has 0 amide bonds. The second kappa shape index (κ2) is 13.2. The molecule has 0 aliphatic carbocycles. The van der Waals surface area contributed by atoms with Crippen molar-refractivity contribution in [1.82, 2.24) is 15.0 Å². The third kappa shape index (κ3) is 5.77. The highest BCUT2D eigenvalue weighted by Crippen LogP contribution is 2.42. The van der Waals surface area contributed by atoms with Gasteiger partial charge in [0.15, 0.2) is 23.2 Å². The Morgan fingerprint density at radius 3 is 1.29 bits per heavy atom. The van der Waals surface area contributed by atoms with Crippen LogP contribution >= 0.6 is 0 Å². The average molecular weight is 663 g/mol. The summed E-state index contributed by atoms with van der Waals surface area (Å²) >= 11 is 0. The van der Waals surface area contributed by atoms with E-state index in [1.54, 1.807) is 0 Å². The summed E-state index contributed by atoms with van der Waals surface area (Å²) in [5, 5.41) is 4.72. The van der Waals surface area contributed by atoms with Gasteiger partial charge in [0.25, 0.3) is 0 Å². The molecule has 1 aromatic heterocycles. The topological polar surface area (TPSA) is 43.0 Å². The molecule has 0 saturated heterocycles. The fraction of sp³-hybridized carbons (Fsp3) is 0. The number of nitrogens with zero attached hydrogens (tertiary/aromatic N) is 4. The zero-order chi connectivity index (χ0) is 34.9. The van der Waals surface area contributed by atoms with Gasteiger partial charge in [0, 0.05) is 16.7 Å². The van der Waals surface area contributed by atoms with Crippen molar-refractivity contribution in [3.63, 3.8) is 0 Å². The molecular weight excluding hydrogens is 633 g/mol. The number of fused-ring (bicyclic) bond motifs is 2. The molecule has 4 heteroatoms. The van der Waals surface area contributed by atoms with Crippen molar-refractivity contribution in [2.75, 3.05) is 0 Å². The number of hydrogen-bond acceptors (Lipinski definition) is 3. The van der Waals surface area contributed by atoms with Gasteiger partial charge < -0.3 is 0 Å². The van der Waals surface area contributed by atoms with Gasteiger partial charge in [-0.2, -0.15) is 0 Å². The first-order chi connectivity index (χ1) is 25.7. The van der Waals surface area contributed by atoms with Gasteiger partial charge in [-0.3, -0.25) is 0 Å². The summed E-state index contributed by atoms with van der Waals surface area (Å²) in [6, 6.07) is 62.7. The smallest absolute Gasteiger partial charge is 0.187 e. The Labute approximate surface area is 302 Å². The summed E-state index contributed by atoms with van der Waals surface area (Å²) in [7, 11) is 0. The summed E-state index contributed by atoms with van der Waals surface area (Å²) in [6.07, 6.45) is 0. The Morgan fingerprint density at radius 1 is 0.327 bits per heavy atom. The maximum atomic E-state index is 7.38. The highest BCUT2D eigenvalue weighted by molar-refractivity contribution is 6.09. The van der Waals surface area contributed by atoms with Crippen molar-refractivity contribution in [1.29, 1.82) is 0 Å². The molecule has 0 fully saturated rings. The second-order valence-electron chi connectivity index (χ2n) is 12.7. The largest absolute Gasteiger partial charge is 0.238 e. The molecule has 0 bridgehead atoms. The molecule has 242 valence electrons. The highest BCUT2D eigenvalue weighted by Gasteiger charge is 2.16. The minimum absolute atomic E-state index is 0.629. The predicted octanol–water partition coefficient (Wildman–Crippen LogP) is 12.7. The van der Waals surface area contributed by atoms with Crippen LogP contribution < -0.4 is 0 Å². The summed E-state index contributed by atoms with van der Waals surface area (Å²) in [4.78, 5) is 18.3. The molecule has 8 aromatic carbocycles. The zero-order valence-corrected chi connectivity index (χ0v) is 28.1. The quantitative estimate of drug-likeness (QED) is 0.166. The molecule has 0 atom stereocenters. The molecule has 0 spiro atoms. The minimum Gasteiger partial charge on any atom is -0.238 e. The molecule has 0 N–H and O–H groups in total. The van der Waals surface area contributed by atoms with Gasteiger partial charge in [0.1, 0.15) is 0 Å². The van der Waals surface area contributed by atoms with E-state index in [0.29, 0.717) is 23.2 Å². The fourth-order valence-corrected chi connectivity index (χ4v) is 6.94. The Morgan fingerprint density at radius 2 is 0.731 bits per heavy atom. The molecule has 0 radical (unpaired) electrons. The van der Waals surface area contributed by atoms with E-state index in [0.717, 1.165) is 44.5 Å². The van der Waals surface area contributed by atoms with E-state index in [4.69, 9.17) is 21.5 Å². The Kier molecular flexibility index (Phi) is 7.85. The first-order valence-corrected chi connectivity index (χ1v) is 17.2. The molecule has 0 aliphatic heterocycles. The number of rotatable bonds is 6. The lowest BCUT2D eigenvalue weighted by Crippen LogP contribution is -2.00. The monoisotopic (exact) mass is 662 g/mol.